The van der Waals surface area contributed by atoms with Crippen molar-refractivity contribution in [1.82, 2.24) is 15.0 Å². The highest BCUT2D eigenvalue weighted by molar-refractivity contribution is 6.08. The van der Waals surface area contributed by atoms with Crippen molar-refractivity contribution in [2.24, 2.45) is 0 Å². The Morgan fingerprint density at radius 2 is 1.76 bits per heavy atom. The number of fused-ring (bicyclic) bond motifs is 1. The number of aromatic nitrogens is 3. The van der Waals surface area contributed by atoms with Gasteiger partial charge in [0.25, 0.3) is 5.91 Å². The number of carbonyl (C=O) groups excluding carboxylic acids is 2. The number of nitrogens with one attached hydrogen (secondary N) is 2. The highest BCUT2D eigenvalue weighted by atomic mass is 19.4. The van der Waals surface area contributed by atoms with Crippen LogP contribution in [0.4, 0.5) is 46.8 Å². The van der Waals surface area contributed by atoms with Gasteiger partial charge in [0.1, 0.15) is 5.82 Å². The average molecular weight is 574 g/mol. The first kappa shape index (κ1) is 27.2. The molecule has 2 aromatic carbocycles. The van der Waals surface area contributed by atoms with Crippen LogP contribution in [0.3, 0.4) is 0 Å². The maximum Gasteiger partial charge on any atom is 0.416 e. The van der Waals surface area contributed by atoms with E-state index in [0.717, 1.165) is 47.5 Å². The van der Waals surface area contributed by atoms with Gasteiger partial charge in [-0.3, -0.25) is 19.6 Å². The van der Waals surface area contributed by atoms with Gasteiger partial charge in [0.05, 0.1) is 29.7 Å². The van der Waals surface area contributed by atoms with E-state index >= 15 is 0 Å². The Morgan fingerprint density at radius 1 is 0.976 bits per heavy atom. The Kier molecular flexibility index (Phi) is 6.76. The number of urea groups is 1. The van der Waals surface area contributed by atoms with Crippen molar-refractivity contribution in [3.05, 3.63) is 94.9 Å². The zero-order chi connectivity index (χ0) is 29.6. The lowest BCUT2D eigenvalue weighted by Crippen LogP contribution is -2.49. The SMILES string of the molecule is Cc1ccc(Nc2ncc3c(n2)N(C2CC2)C(=O)N(c2cc(NC(=O)c4cccc(C(F)(F)F)c4)ccc2C)C3)cn1. The number of rotatable bonds is 6. The molecule has 0 bridgehead atoms. The van der Waals surface area contributed by atoms with Crippen LogP contribution in [0.25, 0.3) is 0 Å². The topological polar surface area (TPSA) is 103 Å². The summed E-state index contributed by atoms with van der Waals surface area (Å²) in [5.74, 6) is 0.202. The zero-order valence-electron chi connectivity index (χ0n) is 22.7. The molecule has 12 heteroatoms. The third-order valence-corrected chi connectivity index (χ3v) is 7.12. The number of hydrogen-bond donors (Lipinski definition) is 2. The molecule has 4 aromatic rings. The Hall–Kier alpha value is -5.00. The van der Waals surface area contributed by atoms with Crippen LogP contribution in [0, 0.1) is 13.8 Å². The molecule has 3 heterocycles. The molecule has 9 nitrogen and oxygen atoms in total. The second-order valence-electron chi connectivity index (χ2n) is 10.4. The van der Waals surface area contributed by atoms with Crippen LogP contribution < -0.4 is 20.4 Å². The molecule has 0 spiro atoms. The highest BCUT2D eigenvalue weighted by Gasteiger charge is 2.42. The van der Waals surface area contributed by atoms with Crippen LogP contribution in [-0.2, 0) is 12.7 Å². The van der Waals surface area contributed by atoms with E-state index in [4.69, 9.17) is 0 Å². The van der Waals surface area contributed by atoms with Crippen molar-refractivity contribution in [3.63, 3.8) is 0 Å². The number of benzene rings is 2. The molecule has 0 saturated heterocycles. The third kappa shape index (κ3) is 5.47. The van der Waals surface area contributed by atoms with Gasteiger partial charge in [0.2, 0.25) is 5.95 Å². The maximum atomic E-state index is 13.9. The number of pyridine rings is 1. The van der Waals surface area contributed by atoms with Gasteiger partial charge in [-0.05, 0) is 74.7 Å². The quantitative estimate of drug-likeness (QED) is 0.269. The Morgan fingerprint density at radius 3 is 2.48 bits per heavy atom. The van der Waals surface area contributed by atoms with Gasteiger partial charge in [0.15, 0.2) is 0 Å². The Balaban J connectivity index is 1.27. The number of anilines is 5. The summed E-state index contributed by atoms with van der Waals surface area (Å²) >= 11 is 0. The summed E-state index contributed by atoms with van der Waals surface area (Å²) in [5, 5.41) is 5.80. The van der Waals surface area contributed by atoms with Gasteiger partial charge in [-0.15, -0.1) is 0 Å². The highest BCUT2D eigenvalue weighted by Crippen LogP contribution is 2.40. The van der Waals surface area contributed by atoms with E-state index in [1.807, 2.05) is 26.0 Å². The molecule has 1 aliphatic heterocycles. The van der Waals surface area contributed by atoms with Crippen molar-refractivity contribution in [3.8, 4) is 0 Å². The first-order valence-electron chi connectivity index (χ1n) is 13.3. The molecule has 214 valence electrons. The molecule has 6 rings (SSSR count). The van der Waals surface area contributed by atoms with Crippen molar-refractivity contribution in [1.29, 1.82) is 0 Å². The lowest BCUT2D eigenvalue weighted by molar-refractivity contribution is -0.137. The largest absolute Gasteiger partial charge is 0.416 e. The lowest BCUT2D eigenvalue weighted by Gasteiger charge is -2.37. The normalized spacial score (nSPS) is 14.9. The summed E-state index contributed by atoms with van der Waals surface area (Å²) in [5.41, 5.74) is 3.01. The van der Waals surface area contributed by atoms with Gasteiger partial charge in [-0.1, -0.05) is 12.1 Å². The predicted molar refractivity (Wildman–Crippen MR) is 152 cm³/mol. The van der Waals surface area contributed by atoms with Crippen LogP contribution >= 0.6 is 0 Å². The van der Waals surface area contributed by atoms with Crippen LogP contribution in [0.2, 0.25) is 0 Å². The number of alkyl halides is 3. The summed E-state index contributed by atoms with van der Waals surface area (Å²) in [6.45, 7) is 3.94. The van der Waals surface area contributed by atoms with Gasteiger partial charge in [-0.2, -0.15) is 18.2 Å². The number of carbonyl (C=O) groups is 2. The number of hydrogen-bond acceptors (Lipinski definition) is 6. The van der Waals surface area contributed by atoms with E-state index < -0.39 is 17.6 Å². The molecule has 2 aliphatic rings. The Labute approximate surface area is 239 Å². The number of aryl methyl sites for hydroxylation is 2. The van der Waals surface area contributed by atoms with Crippen molar-refractivity contribution >= 4 is 40.8 Å². The molecular weight excluding hydrogens is 547 g/mol. The zero-order valence-corrected chi connectivity index (χ0v) is 22.7. The summed E-state index contributed by atoms with van der Waals surface area (Å²) in [6.07, 6.45) is 0.504. The number of halogens is 3. The molecule has 1 aliphatic carbocycles. The molecule has 42 heavy (non-hydrogen) atoms. The van der Waals surface area contributed by atoms with Gasteiger partial charge in [0, 0.05) is 34.7 Å². The van der Waals surface area contributed by atoms with Crippen molar-refractivity contribution in [2.45, 2.75) is 45.5 Å². The van der Waals surface area contributed by atoms with E-state index in [-0.39, 0.29) is 24.2 Å². The first-order chi connectivity index (χ1) is 20.1. The van der Waals surface area contributed by atoms with E-state index in [1.165, 1.54) is 12.1 Å². The molecule has 1 fully saturated rings. The number of amides is 3. The third-order valence-electron chi connectivity index (χ3n) is 7.12. The fourth-order valence-electron chi connectivity index (χ4n) is 4.78. The van der Waals surface area contributed by atoms with Gasteiger partial charge >= 0.3 is 12.2 Å². The van der Waals surface area contributed by atoms with Crippen LogP contribution in [-0.4, -0.2) is 32.9 Å². The second-order valence-corrected chi connectivity index (χ2v) is 10.4. The molecule has 2 aromatic heterocycles. The minimum Gasteiger partial charge on any atom is -0.323 e. The fourth-order valence-corrected chi connectivity index (χ4v) is 4.78. The summed E-state index contributed by atoms with van der Waals surface area (Å²) < 4.78 is 39.4. The standard InChI is InChI=1S/C30H26F3N7O2/c1-17-6-8-22(36-27(41)19-4-3-5-21(12-19)30(31,32)33)13-25(17)39-16-20-14-35-28(37-23-9-7-18(2)34-15-23)38-26(20)40(29(39)42)24-10-11-24/h3-9,12-15,24H,10-11,16H2,1-2H3,(H,36,41)(H,35,37,38). The smallest absolute Gasteiger partial charge is 0.323 e. The van der Waals surface area contributed by atoms with E-state index in [1.54, 1.807) is 40.4 Å². The molecule has 1 saturated carbocycles. The fraction of sp³-hybridized carbons (Fsp3) is 0.233. The second kappa shape index (κ2) is 10.4. The average Bonchev–Trinajstić information content (AvgIpc) is 3.80. The minimum absolute atomic E-state index is 0.00643. The Bertz CT molecular complexity index is 1690. The molecule has 2 N–H and O–H groups in total. The van der Waals surface area contributed by atoms with Crippen LogP contribution in [0.1, 0.15) is 45.6 Å². The molecule has 3 amide bonds. The molecule has 0 unspecified atom stereocenters. The first-order valence-corrected chi connectivity index (χ1v) is 13.3. The van der Waals surface area contributed by atoms with E-state index in [0.29, 0.717) is 23.1 Å². The summed E-state index contributed by atoms with van der Waals surface area (Å²) in [4.78, 5) is 43.4. The number of nitrogens with zero attached hydrogens (tertiary/aromatic N) is 5. The summed E-state index contributed by atoms with van der Waals surface area (Å²) in [6, 6.07) is 12.8. The van der Waals surface area contributed by atoms with E-state index in [2.05, 4.69) is 25.6 Å². The van der Waals surface area contributed by atoms with Crippen LogP contribution in [0.15, 0.2) is 67.0 Å². The monoisotopic (exact) mass is 573 g/mol. The van der Waals surface area contributed by atoms with Crippen molar-refractivity contribution in [2.75, 3.05) is 20.4 Å². The van der Waals surface area contributed by atoms with Gasteiger partial charge in [-0.25, -0.2) is 9.78 Å². The summed E-state index contributed by atoms with van der Waals surface area (Å²) in [7, 11) is 0. The predicted octanol–water partition coefficient (Wildman–Crippen LogP) is 6.61. The van der Waals surface area contributed by atoms with Gasteiger partial charge < -0.3 is 10.6 Å². The maximum absolute atomic E-state index is 13.9. The molecule has 0 atom stereocenters. The molecular formula is C30H26F3N7O2. The minimum atomic E-state index is -4.57. The van der Waals surface area contributed by atoms with Crippen molar-refractivity contribution < 1.29 is 22.8 Å². The molecule has 0 radical (unpaired) electrons. The van der Waals surface area contributed by atoms with E-state index in [9.17, 15) is 22.8 Å². The van der Waals surface area contributed by atoms with Crippen LogP contribution in [0.5, 0.6) is 0 Å². The lowest BCUT2D eigenvalue weighted by atomic mass is 10.1.